The summed E-state index contributed by atoms with van der Waals surface area (Å²) in [6, 6.07) is 162. The van der Waals surface area contributed by atoms with Crippen LogP contribution >= 0.6 is 0 Å². The van der Waals surface area contributed by atoms with Crippen LogP contribution in [0.1, 0.15) is 0 Å². The van der Waals surface area contributed by atoms with Gasteiger partial charge >= 0.3 is 41.5 Å². The second-order valence-corrected chi connectivity index (χ2v) is 40.0. The van der Waals surface area contributed by atoms with Crippen molar-refractivity contribution >= 4 is 235 Å². The molecule has 18 heteroatoms. The second kappa shape index (κ2) is 27.8. The molecule has 0 bridgehead atoms. The summed E-state index contributed by atoms with van der Waals surface area (Å²) in [7, 11) is 0. The summed E-state index contributed by atoms with van der Waals surface area (Å²) in [4.78, 5) is 12.8. The zero-order valence-electron chi connectivity index (χ0n) is 77.4. The van der Waals surface area contributed by atoms with Crippen molar-refractivity contribution in [2.45, 2.75) is 0 Å². The van der Waals surface area contributed by atoms with Gasteiger partial charge in [-0.2, -0.15) is 0 Å². The van der Waals surface area contributed by atoms with Crippen molar-refractivity contribution in [1.29, 1.82) is 0 Å². The first-order chi connectivity index (χ1) is 71.6. The summed E-state index contributed by atoms with van der Waals surface area (Å²) in [5.74, 6) is 5.64. The van der Waals surface area contributed by atoms with Crippen LogP contribution in [0.2, 0.25) is 0 Å². The van der Waals surface area contributed by atoms with E-state index in [9.17, 15) is 0 Å². The normalized spacial score (nSPS) is 14.3. The molecule has 0 saturated carbocycles. The molecule has 0 amide bonds. The minimum Gasteiger partial charge on any atom is -0.458 e. The van der Waals surface area contributed by atoms with Crippen molar-refractivity contribution < 1.29 is 14.2 Å². The first-order valence-corrected chi connectivity index (χ1v) is 50.1. The molecular weight excluding hydrogens is 1750 g/mol. The fourth-order valence-electron chi connectivity index (χ4n) is 28.3. The molecule has 0 N–H and O–H groups in total. The Bertz CT molecular complexity index is 10200. The number of hydrogen-bond donors (Lipinski definition) is 0. The lowest BCUT2D eigenvalue weighted by Crippen LogP contribution is -2.67. The summed E-state index contributed by atoms with van der Waals surface area (Å²) in [5, 5.41) is 10.4. The maximum atomic E-state index is 6.99. The highest BCUT2D eigenvalue weighted by Gasteiger charge is 2.58. The fourth-order valence-corrected chi connectivity index (χ4v) is 28.3. The number of rotatable bonds is 5. The minimum absolute atomic E-state index is 0.00720. The molecule has 0 spiro atoms. The Morgan fingerprint density at radius 2 is 0.451 bits per heavy atom. The average molecular weight is 1830 g/mol. The van der Waals surface area contributed by atoms with Gasteiger partial charge in [-0.05, 0) is 240 Å². The Morgan fingerprint density at radius 1 is 0.160 bits per heavy atom. The van der Waals surface area contributed by atoms with E-state index >= 15 is 0 Å². The van der Waals surface area contributed by atoms with Crippen molar-refractivity contribution in [2.24, 2.45) is 0 Å². The zero-order valence-corrected chi connectivity index (χ0v) is 77.4. The highest BCUT2D eigenvalue weighted by atomic mass is 16.5. The van der Waals surface area contributed by atoms with Crippen LogP contribution in [0.3, 0.4) is 0 Å². The predicted octanol–water partition coefficient (Wildman–Crippen LogP) is 24.4. The highest BCUT2D eigenvalue weighted by molar-refractivity contribution is 6.97. The number of hydrogen-bond acceptors (Lipinski definition) is 8. The van der Waals surface area contributed by atoms with E-state index in [0.717, 1.165) is 51.6 Å². The summed E-state index contributed by atoms with van der Waals surface area (Å²) < 4.78 is 31.5. The molecule has 21 aromatic carbocycles. The van der Waals surface area contributed by atoms with Crippen LogP contribution in [0.5, 0.6) is 34.5 Å². The molecule has 0 unspecified atom stereocenters. The van der Waals surface area contributed by atoms with E-state index in [-0.39, 0.29) is 41.5 Å². The van der Waals surface area contributed by atoms with Crippen molar-refractivity contribution in [3.05, 3.63) is 443 Å². The van der Waals surface area contributed by atoms with Crippen LogP contribution in [0.15, 0.2) is 443 Å². The van der Waals surface area contributed by atoms with Crippen molar-refractivity contribution in [3.63, 3.8) is 0 Å². The third-order valence-electron chi connectivity index (χ3n) is 33.4. The van der Waals surface area contributed by atoms with Gasteiger partial charge in [-0.15, -0.1) is 0 Å². The van der Waals surface area contributed by atoms with Gasteiger partial charge in [-0.25, -0.2) is 0 Å². The van der Waals surface area contributed by atoms with Crippen LogP contribution in [-0.2, 0) is 0 Å². The topological polar surface area (TPSA) is 63.6 Å². The molecule has 0 radical (unpaired) electrons. The number of nitrogens with zero attached hydrogens (tertiary/aromatic N) is 9. The van der Waals surface area contributed by atoms with Crippen molar-refractivity contribution in [2.75, 3.05) is 24.1 Å². The fraction of sp³-hybridized carbons (Fsp3) is 0. The number of para-hydroxylation sites is 15. The van der Waals surface area contributed by atoms with E-state index in [4.69, 9.17) is 14.2 Å². The van der Waals surface area contributed by atoms with Gasteiger partial charge in [0.1, 0.15) is 34.5 Å². The summed E-state index contributed by atoms with van der Waals surface area (Å²) in [5.41, 5.74) is 48.9. The van der Waals surface area contributed by atoms with Crippen molar-refractivity contribution in [1.82, 2.24) is 17.9 Å². The van der Waals surface area contributed by atoms with E-state index in [1.807, 2.05) is 0 Å². The zero-order chi connectivity index (χ0) is 93.0. The molecule has 12 nitrogen and oxygen atoms in total. The number of aromatic nitrogens is 4. The molecule has 144 heavy (non-hydrogen) atoms. The Kier molecular flexibility index (Phi) is 14.8. The van der Waals surface area contributed by atoms with Crippen LogP contribution in [-0.4, -0.2) is 59.4 Å². The maximum absolute atomic E-state index is 6.99. The third-order valence-corrected chi connectivity index (χ3v) is 33.4. The third kappa shape index (κ3) is 9.53. The second-order valence-electron chi connectivity index (χ2n) is 40.0. The molecule has 658 valence electrons. The van der Waals surface area contributed by atoms with Crippen LogP contribution in [0.25, 0.3) is 154 Å². The Morgan fingerprint density at radius 3 is 0.917 bits per heavy atom. The van der Waals surface area contributed by atoms with E-state index < -0.39 is 0 Å². The quantitative estimate of drug-likeness (QED) is 0.158. The van der Waals surface area contributed by atoms with Gasteiger partial charge < -0.3 is 56.2 Å². The first kappa shape index (κ1) is 76.6. The molecule has 12 aliphatic rings. The largest absolute Gasteiger partial charge is 0.458 e. The average Bonchev–Trinajstić information content (AvgIpc) is 1.41. The predicted molar refractivity (Wildman–Crippen MR) is 599 cm³/mol. The Hall–Kier alpha value is -18.4. The number of benzene rings is 21. The molecule has 4 aromatic heterocycles. The molecule has 25 aromatic rings. The molecule has 0 fully saturated rings. The van der Waals surface area contributed by atoms with E-state index in [1.54, 1.807) is 0 Å². The summed E-state index contributed by atoms with van der Waals surface area (Å²) in [6.45, 7) is -0.362. The molecular formula is C126H73B6N9O3. The molecule has 0 aliphatic carbocycles. The van der Waals surface area contributed by atoms with Crippen LogP contribution in [0, 0.1) is 0 Å². The van der Waals surface area contributed by atoms with Gasteiger partial charge in [0.05, 0.1) is 0 Å². The lowest BCUT2D eigenvalue weighted by Gasteiger charge is -2.52. The summed E-state index contributed by atoms with van der Waals surface area (Å²) in [6.07, 6.45) is 0. The van der Waals surface area contributed by atoms with E-state index in [1.165, 1.54) is 243 Å². The number of fused-ring (bicyclic) bond motifs is 26. The van der Waals surface area contributed by atoms with Crippen molar-refractivity contribution in [3.8, 4) is 101 Å². The molecule has 12 aliphatic heterocycles. The number of anilines is 10. The minimum atomic E-state index is -0.135. The number of ether oxygens (including phenoxy) is 3. The first-order valence-electron chi connectivity index (χ1n) is 50.1. The Labute approximate surface area is 829 Å². The highest BCUT2D eigenvalue weighted by Crippen LogP contribution is 2.61. The van der Waals surface area contributed by atoms with Gasteiger partial charge in [0.15, 0.2) is 0 Å². The lowest BCUT2D eigenvalue weighted by molar-refractivity contribution is 0.487. The monoisotopic (exact) mass is 1830 g/mol. The molecule has 0 atom stereocenters. The standard InChI is InChI=1S/C42H21B2N3O.C42H25B2N3O.C42H27B2N3O/c1-6-17-32-22(10-1)25-13-9-14-26-27-21-35-39-36-37-41-28(23-11-2-5-16-31(23)45(41)43(39)30-15-4-8-19-34(30)48-35)20-29-24-12-3-7-18-33(24)47(42(29)37)44(38(27)36)46(32)40(25)26;1-3-13-26(14-4-1)45-34-22-12-23-35-38(34)39-40-31(25-37-41(39)43(45)32-20-8-10-24-36(32)48-37)30-19-11-18-29-28-17-7-9-21-33(28)47(42(29)30)44(40)46(35)27-15-5-2-6-16-27;1-4-15-28(16-5-1)45-35-24-14-25-36-39(35)40-41-32(27-38-42(40)43(45)33-22-11-13-26-37(33)48-38)31-21-10-12-23-34(31)46(29-17-6-2-7-18-29)44(41)47(36)30-19-8-3-9-20-30/h1-21H;1-25H;1-27H. The van der Waals surface area contributed by atoms with Gasteiger partial charge in [0.25, 0.3) is 0 Å². The van der Waals surface area contributed by atoms with Gasteiger partial charge in [-0.1, -0.05) is 285 Å². The SMILES string of the molecule is c1ccc(N2B3c4c(cc5c6c4-c4c(cccc4N3c3ccccc3)N(c3ccccc3)B6c3ccccc3O5)-c3ccccc32)cc1.c1ccc(N2B3c4ccccc4Oc4cc5c6c(c43)-c3c2cccc3N(c2ccccc2)B6n2c3ccccc3c3cccc-5c32)cc1.c1ccc2c(c1)Oc1cc3c4c5c1B2n1c2ccccc2c2cc6c7ccccc7n(c6c-5c21)B4n1c2ccccc2c2cccc-3c21. The lowest BCUT2D eigenvalue weighted by atomic mass is 9.41. The van der Waals surface area contributed by atoms with Gasteiger partial charge in [0, 0.05) is 177 Å². The summed E-state index contributed by atoms with van der Waals surface area (Å²) >= 11 is 0. The van der Waals surface area contributed by atoms with Gasteiger partial charge in [0.2, 0.25) is 0 Å². The van der Waals surface area contributed by atoms with E-state index in [2.05, 4.69) is 485 Å². The van der Waals surface area contributed by atoms with Crippen LogP contribution in [0.4, 0.5) is 56.9 Å². The Balaban J connectivity index is 0.0000000917. The van der Waals surface area contributed by atoms with Crippen LogP contribution < -0.4 is 87.4 Å². The molecule has 0 saturated heterocycles. The van der Waals surface area contributed by atoms with E-state index in [0.29, 0.717) is 0 Å². The molecule has 37 rings (SSSR count). The maximum Gasteiger partial charge on any atom is 0.422 e. The molecule has 16 heterocycles. The van der Waals surface area contributed by atoms with Gasteiger partial charge in [-0.3, -0.25) is 0 Å². The smallest absolute Gasteiger partial charge is 0.422 e.